The van der Waals surface area contributed by atoms with Crippen LogP contribution in [0.2, 0.25) is 0 Å². The highest BCUT2D eigenvalue weighted by molar-refractivity contribution is 6.07. The normalized spacial score (nSPS) is 14.1. The number of amides is 1. The summed E-state index contributed by atoms with van der Waals surface area (Å²) in [5.74, 6) is 0.284. The minimum Gasteiger partial charge on any atom is -0.508 e. The van der Waals surface area contributed by atoms with Gasteiger partial charge in [-0.1, -0.05) is 18.2 Å². The number of rotatable bonds is 3. The molecule has 1 N–H and O–H groups in total. The zero-order valence-electron chi connectivity index (χ0n) is 17.0. The number of nitrogens with zero attached hydrogens (tertiary/aromatic N) is 4. The minimum absolute atomic E-state index is 0.0271. The Morgan fingerprint density at radius 3 is 2.32 bits per heavy atom. The quantitative estimate of drug-likeness (QED) is 0.554. The van der Waals surface area contributed by atoms with E-state index in [4.69, 9.17) is 4.98 Å². The molecule has 1 saturated heterocycles. The number of carbonyl (C=O) groups excluding carboxylic acids is 1. The van der Waals surface area contributed by atoms with Crippen LogP contribution in [-0.4, -0.2) is 52.1 Å². The summed E-state index contributed by atoms with van der Waals surface area (Å²) < 4.78 is 0. The molecule has 1 aliphatic rings. The van der Waals surface area contributed by atoms with E-state index in [0.29, 0.717) is 18.7 Å². The van der Waals surface area contributed by atoms with Crippen LogP contribution in [0.1, 0.15) is 10.4 Å². The highest BCUT2D eigenvalue weighted by atomic mass is 16.3. The van der Waals surface area contributed by atoms with Crippen molar-refractivity contribution in [3.63, 3.8) is 0 Å². The Bertz CT molecular complexity index is 1220. The third-order valence-electron chi connectivity index (χ3n) is 5.70. The number of aromatic hydroxyl groups is 1. The second-order valence-electron chi connectivity index (χ2n) is 7.60. The number of anilines is 1. The first-order chi connectivity index (χ1) is 15.2. The summed E-state index contributed by atoms with van der Waals surface area (Å²) in [4.78, 5) is 26.5. The molecule has 0 aliphatic carbocycles. The second-order valence-corrected chi connectivity index (χ2v) is 7.60. The van der Waals surface area contributed by atoms with E-state index >= 15 is 0 Å². The van der Waals surface area contributed by atoms with Gasteiger partial charge in [-0.15, -0.1) is 0 Å². The van der Waals surface area contributed by atoms with Gasteiger partial charge in [0.05, 0.1) is 16.8 Å². The van der Waals surface area contributed by atoms with Crippen molar-refractivity contribution in [1.29, 1.82) is 0 Å². The van der Waals surface area contributed by atoms with Gasteiger partial charge in [0.1, 0.15) is 5.75 Å². The highest BCUT2D eigenvalue weighted by Gasteiger charge is 2.24. The molecule has 0 radical (unpaired) electrons. The molecular formula is C25H22N4O2. The Morgan fingerprint density at radius 2 is 1.58 bits per heavy atom. The van der Waals surface area contributed by atoms with Crippen LogP contribution in [-0.2, 0) is 0 Å². The molecule has 0 atom stereocenters. The summed E-state index contributed by atoms with van der Waals surface area (Å²) in [5, 5.41) is 10.4. The van der Waals surface area contributed by atoms with E-state index in [1.807, 2.05) is 59.5 Å². The number of piperazine rings is 1. The molecule has 31 heavy (non-hydrogen) atoms. The summed E-state index contributed by atoms with van der Waals surface area (Å²) in [5.41, 5.74) is 4.25. The van der Waals surface area contributed by atoms with Crippen molar-refractivity contribution in [1.82, 2.24) is 14.9 Å². The van der Waals surface area contributed by atoms with Crippen LogP contribution >= 0.6 is 0 Å². The monoisotopic (exact) mass is 410 g/mol. The molecule has 4 aromatic rings. The number of aromatic nitrogens is 2. The van der Waals surface area contributed by atoms with Gasteiger partial charge in [0.15, 0.2) is 0 Å². The summed E-state index contributed by atoms with van der Waals surface area (Å²) in [7, 11) is 0. The third kappa shape index (κ3) is 3.80. The molecule has 1 fully saturated rings. The largest absolute Gasteiger partial charge is 0.508 e. The molecule has 0 spiro atoms. The summed E-state index contributed by atoms with van der Waals surface area (Å²) in [6, 6.07) is 20.7. The summed E-state index contributed by atoms with van der Waals surface area (Å²) in [6.45, 7) is 2.77. The van der Waals surface area contributed by atoms with E-state index < -0.39 is 0 Å². The van der Waals surface area contributed by atoms with Crippen LogP contribution < -0.4 is 4.90 Å². The van der Waals surface area contributed by atoms with E-state index in [0.717, 1.165) is 40.9 Å². The van der Waals surface area contributed by atoms with Crippen LogP contribution in [0.25, 0.3) is 22.2 Å². The fourth-order valence-electron chi connectivity index (χ4n) is 4.02. The maximum absolute atomic E-state index is 13.5. The Labute approximate surface area is 180 Å². The first kappa shape index (κ1) is 19.1. The number of hydrogen-bond donors (Lipinski definition) is 1. The van der Waals surface area contributed by atoms with Crippen LogP contribution in [0.5, 0.6) is 5.75 Å². The molecule has 2 aromatic heterocycles. The van der Waals surface area contributed by atoms with E-state index in [9.17, 15) is 9.90 Å². The lowest BCUT2D eigenvalue weighted by molar-refractivity contribution is 0.0748. The molecule has 5 rings (SSSR count). The number of phenols is 1. The number of benzene rings is 2. The Kier molecular flexibility index (Phi) is 4.96. The Morgan fingerprint density at radius 1 is 0.871 bits per heavy atom. The molecule has 1 aliphatic heterocycles. The topological polar surface area (TPSA) is 69.6 Å². The van der Waals surface area contributed by atoms with Gasteiger partial charge in [-0.2, -0.15) is 0 Å². The first-order valence-corrected chi connectivity index (χ1v) is 10.3. The van der Waals surface area contributed by atoms with Gasteiger partial charge in [-0.25, -0.2) is 4.98 Å². The molecule has 6 heteroatoms. The van der Waals surface area contributed by atoms with Gasteiger partial charge >= 0.3 is 0 Å². The number of phenolic OH excluding ortho intramolecular Hbond substituents is 1. The van der Waals surface area contributed by atoms with E-state index in [2.05, 4.69) is 9.88 Å². The molecular weight excluding hydrogens is 388 g/mol. The van der Waals surface area contributed by atoms with Crippen molar-refractivity contribution in [3.8, 4) is 17.0 Å². The van der Waals surface area contributed by atoms with Crippen molar-refractivity contribution in [2.45, 2.75) is 0 Å². The number of carbonyl (C=O) groups is 1. The molecule has 1 amide bonds. The van der Waals surface area contributed by atoms with Crippen LogP contribution in [0.3, 0.4) is 0 Å². The smallest absolute Gasteiger partial charge is 0.254 e. The second kappa shape index (κ2) is 8.07. The van der Waals surface area contributed by atoms with Gasteiger partial charge in [0.25, 0.3) is 5.91 Å². The molecule has 6 nitrogen and oxygen atoms in total. The molecule has 0 saturated carbocycles. The lowest BCUT2D eigenvalue weighted by atomic mass is 10.0. The van der Waals surface area contributed by atoms with Crippen LogP contribution in [0, 0.1) is 0 Å². The van der Waals surface area contributed by atoms with E-state index in [1.165, 1.54) is 0 Å². The fourth-order valence-corrected chi connectivity index (χ4v) is 4.02. The SMILES string of the molecule is O=C(c1cc(-c2ccncc2)nc2ccccc12)N1CCN(c2ccc(O)cc2)CC1. The van der Waals surface area contributed by atoms with Gasteiger partial charge in [0, 0.05) is 55.2 Å². The van der Waals surface area contributed by atoms with Crippen molar-refractivity contribution in [3.05, 3.63) is 84.7 Å². The summed E-state index contributed by atoms with van der Waals surface area (Å²) >= 11 is 0. The van der Waals surface area contributed by atoms with E-state index in [1.54, 1.807) is 24.5 Å². The number of pyridine rings is 2. The molecule has 3 heterocycles. The average molecular weight is 410 g/mol. The molecule has 2 aromatic carbocycles. The first-order valence-electron chi connectivity index (χ1n) is 10.3. The van der Waals surface area contributed by atoms with Crippen LogP contribution in [0.15, 0.2) is 79.1 Å². The summed E-state index contributed by atoms with van der Waals surface area (Å²) in [6.07, 6.45) is 3.46. The molecule has 154 valence electrons. The van der Waals surface area contributed by atoms with Gasteiger partial charge in [0.2, 0.25) is 0 Å². The maximum atomic E-state index is 13.5. The lowest BCUT2D eigenvalue weighted by Crippen LogP contribution is -2.48. The average Bonchev–Trinajstić information content (AvgIpc) is 2.84. The van der Waals surface area contributed by atoms with Crippen molar-refractivity contribution in [2.75, 3.05) is 31.1 Å². The third-order valence-corrected chi connectivity index (χ3v) is 5.70. The van der Waals surface area contributed by atoms with Gasteiger partial charge in [-0.05, 0) is 48.5 Å². The fraction of sp³-hybridized carbons (Fsp3) is 0.160. The van der Waals surface area contributed by atoms with E-state index in [-0.39, 0.29) is 11.7 Å². The van der Waals surface area contributed by atoms with Gasteiger partial charge < -0.3 is 14.9 Å². The standard InChI is InChI=1S/C25H22N4O2/c30-20-7-5-19(6-8-20)28-13-15-29(16-14-28)25(31)22-17-24(18-9-11-26-12-10-18)27-23-4-2-1-3-21(22)23/h1-12,17,30H,13-16H2. The van der Waals surface area contributed by atoms with Crippen molar-refractivity contribution < 1.29 is 9.90 Å². The number of hydrogen-bond acceptors (Lipinski definition) is 5. The lowest BCUT2D eigenvalue weighted by Gasteiger charge is -2.36. The minimum atomic E-state index is 0.0271. The van der Waals surface area contributed by atoms with Crippen molar-refractivity contribution >= 4 is 22.5 Å². The van der Waals surface area contributed by atoms with Gasteiger partial charge in [-0.3, -0.25) is 9.78 Å². The number of para-hydroxylation sites is 1. The highest BCUT2D eigenvalue weighted by Crippen LogP contribution is 2.26. The predicted molar refractivity (Wildman–Crippen MR) is 121 cm³/mol. The molecule has 0 unspecified atom stereocenters. The zero-order chi connectivity index (χ0) is 21.2. The maximum Gasteiger partial charge on any atom is 0.254 e. The zero-order valence-corrected chi connectivity index (χ0v) is 17.0. The van der Waals surface area contributed by atoms with Crippen LogP contribution in [0.4, 0.5) is 5.69 Å². The molecule has 0 bridgehead atoms. The Hall–Kier alpha value is -3.93. The van der Waals surface area contributed by atoms with Crippen molar-refractivity contribution in [2.24, 2.45) is 0 Å². The predicted octanol–water partition coefficient (Wildman–Crippen LogP) is 3.96. The number of fused-ring (bicyclic) bond motifs is 1. The Balaban J connectivity index is 1.43.